The Labute approximate surface area is 162 Å². The van der Waals surface area contributed by atoms with Crippen LogP contribution in [-0.4, -0.2) is 44.4 Å². The molecule has 0 amide bonds. The summed E-state index contributed by atoms with van der Waals surface area (Å²) in [6.07, 6.45) is 1.17. The first-order chi connectivity index (χ1) is 12.7. The Bertz CT molecular complexity index is 1040. The Kier molecular flexibility index (Phi) is 5.39. The van der Waals surface area contributed by atoms with Crippen molar-refractivity contribution in [3.8, 4) is 0 Å². The number of benzene rings is 1. The predicted molar refractivity (Wildman–Crippen MR) is 103 cm³/mol. The summed E-state index contributed by atoms with van der Waals surface area (Å²) in [4.78, 5) is 21.9. The molecule has 3 N–H and O–H groups in total. The van der Waals surface area contributed by atoms with Gasteiger partial charge in [-0.2, -0.15) is 0 Å². The number of carbonyl (C=O) groups excluding carboxylic acids is 1. The second kappa shape index (κ2) is 7.44. The Balaban J connectivity index is 1.97. The van der Waals surface area contributed by atoms with E-state index in [9.17, 15) is 16.7 Å². The first-order valence-electron chi connectivity index (χ1n) is 8.05. The van der Waals surface area contributed by atoms with Crippen LogP contribution in [0.3, 0.4) is 0 Å². The molecule has 3 aromatic rings. The Morgan fingerprint density at radius 3 is 2.48 bits per heavy atom. The minimum atomic E-state index is -4.92. The van der Waals surface area contributed by atoms with Gasteiger partial charge in [-0.3, -0.25) is 0 Å². The zero-order valence-electron chi connectivity index (χ0n) is 14.8. The third-order valence-corrected chi connectivity index (χ3v) is 6.94. The molecule has 0 aliphatic rings. The van der Waals surface area contributed by atoms with Crippen molar-refractivity contribution in [2.24, 2.45) is 0 Å². The summed E-state index contributed by atoms with van der Waals surface area (Å²) in [5, 5.41) is 3.83. The number of carbonyl (C=O) groups is 1. The molecule has 0 atom stereocenters. The van der Waals surface area contributed by atoms with E-state index in [0.717, 1.165) is 5.56 Å². The molecule has 2 heterocycles. The summed E-state index contributed by atoms with van der Waals surface area (Å²) in [7, 11) is 0. The summed E-state index contributed by atoms with van der Waals surface area (Å²) in [5.74, 6) is 0.108. The van der Waals surface area contributed by atoms with Gasteiger partial charge in [-0.1, -0.05) is 0 Å². The van der Waals surface area contributed by atoms with Crippen molar-refractivity contribution in [3.05, 3.63) is 41.0 Å². The monoisotopic (exact) mass is 451 g/mol. The van der Waals surface area contributed by atoms with Crippen LogP contribution in [-0.2, 0) is 8.48 Å². The van der Waals surface area contributed by atoms with Crippen molar-refractivity contribution < 1.29 is 21.5 Å². The van der Waals surface area contributed by atoms with Crippen LogP contribution in [0.25, 0.3) is 10.2 Å². The molecule has 8 nitrogen and oxygen atoms in total. The van der Waals surface area contributed by atoms with Gasteiger partial charge in [-0.25, -0.2) is 0 Å². The molecule has 142 valence electrons. The molecule has 2 aromatic heterocycles. The van der Waals surface area contributed by atoms with Crippen LogP contribution < -0.4 is 9.67 Å². The van der Waals surface area contributed by atoms with E-state index in [-0.39, 0.29) is 10.5 Å². The fraction of sp³-hybridized carbons (Fsp3) is 0.235. The molecule has 1 aromatic carbocycles. The third kappa shape index (κ3) is 4.22. The molecule has 0 fully saturated rings. The molecule has 0 saturated heterocycles. The number of nitrogens with zero attached hydrogens (tertiary/aromatic N) is 2. The van der Waals surface area contributed by atoms with Gasteiger partial charge in [0.15, 0.2) is 0 Å². The van der Waals surface area contributed by atoms with Crippen LogP contribution in [0.4, 0.5) is 11.5 Å². The quantitative estimate of drug-likeness (QED) is 0.397. The zero-order valence-corrected chi connectivity index (χ0v) is 17.5. The standard InChI is InChI=1S/C17H18AsN3O5S/c1-9(2)26-17(22)14-10(3)13-15(19-8-20-16(13)27-14)21-12-6-4-11(5-7-12)18(23,24)25/h4-9H,1-3H3,(H,19,20,21)(H2,23,24,25). The van der Waals surface area contributed by atoms with Crippen molar-refractivity contribution in [3.63, 3.8) is 0 Å². The number of anilines is 2. The van der Waals surface area contributed by atoms with Gasteiger partial charge in [0, 0.05) is 0 Å². The summed E-state index contributed by atoms with van der Waals surface area (Å²) >= 11 is -3.68. The third-order valence-electron chi connectivity index (χ3n) is 3.72. The summed E-state index contributed by atoms with van der Waals surface area (Å²) < 4.78 is 35.1. The van der Waals surface area contributed by atoms with Crippen LogP contribution in [0.1, 0.15) is 29.1 Å². The van der Waals surface area contributed by atoms with Gasteiger partial charge in [-0.05, 0) is 13.8 Å². The fourth-order valence-electron chi connectivity index (χ4n) is 2.50. The van der Waals surface area contributed by atoms with E-state index in [1.165, 1.54) is 29.8 Å². The van der Waals surface area contributed by atoms with Gasteiger partial charge in [-0.15, -0.1) is 0 Å². The van der Waals surface area contributed by atoms with E-state index in [2.05, 4.69) is 15.3 Å². The summed E-state index contributed by atoms with van der Waals surface area (Å²) in [6.45, 7) is 5.38. The molecule has 0 bridgehead atoms. The zero-order chi connectivity index (χ0) is 19.8. The van der Waals surface area contributed by atoms with Gasteiger partial charge in [0.05, 0.1) is 0 Å². The molecule has 3 rings (SSSR count). The van der Waals surface area contributed by atoms with Crippen molar-refractivity contribution in [2.45, 2.75) is 26.9 Å². The van der Waals surface area contributed by atoms with E-state index < -0.39 is 20.1 Å². The average Bonchev–Trinajstić information content (AvgIpc) is 2.92. The first kappa shape index (κ1) is 19.6. The number of esters is 1. The number of nitrogens with one attached hydrogen (secondary N) is 1. The Hall–Kier alpha value is -2.19. The molecule has 10 heteroatoms. The molecular weight excluding hydrogens is 433 g/mol. The number of thiophene rings is 1. The number of aromatic nitrogens is 2. The van der Waals surface area contributed by atoms with Crippen molar-refractivity contribution >= 4 is 57.6 Å². The molecule has 0 aliphatic carbocycles. The predicted octanol–water partition coefficient (Wildman–Crippen LogP) is 1.87. The number of hydrogen-bond donors (Lipinski definition) is 3. The number of fused-ring (bicyclic) bond motifs is 1. The SMILES string of the molecule is Cc1c(C(=O)OC(C)C)sc2ncnc(Nc3ccc([As](=O)(O)O)cc3)c12. The van der Waals surface area contributed by atoms with Crippen LogP contribution in [0, 0.1) is 6.92 Å². The number of hydrogen-bond acceptors (Lipinski definition) is 7. The van der Waals surface area contributed by atoms with E-state index in [0.29, 0.717) is 26.6 Å². The Morgan fingerprint density at radius 2 is 1.89 bits per heavy atom. The summed E-state index contributed by atoms with van der Waals surface area (Å²) in [5.41, 5.74) is 1.33. The Morgan fingerprint density at radius 1 is 1.22 bits per heavy atom. The van der Waals surface area contributed by atoms with Crippen molar-refractivity contribution in [1.29, 1.82) is 0 Å². The van der Waals surface area contributed by atoms with Gasteiger partial charge < -0.3 is 0 Å². The number of ether oxygens (including phenoxy) is 1. The molecule has 0 radical (unpaired) electrons. The minimum absolute atomic E-state index is 0.00283. The van der Waals surface area contributed by atoms with Gasteiger partial charge in [0.2, 0.25) is 0 Å². The molecule has 27 heavy (non-hydrogen) atoms. The van der Waals surface area contributed by atoms with E-state index >= 15 is 0 Å². The molecule has 0 saturated carbocycles. The van der Waals surface area contributed by atoms with E-state index in [1.54, 1.807) is 26.0 Å². The van der Waals surface area contributed by atoms with E-state index in [1.807, 2.05) is 6.92 Å². The molecule has 0 aliphatic heterocycles. The van der Waals surface area contributed by atoms with Crippen LogP contribution in [0.15, 0.2) is 30.6 Å². The number of rotatable bonds is 5. The maximum atomic E-state index is 12.3. The van der Waals surface area contributed by atoms with Gasteiger partial charge >= 0.3 is 148 Å². The van der Waals surface area contributed by atoms with Gasteiger partial charge in [0.1, 0.15) is 0 Å². The average molecular weight is 451 g/mol. The van der Waals surface area contributed by atoms with Crippen LogP contribution in [0.2, 0.25) is 0 Å². The normalized spacial score (nSPS) is 11.8. The maximum absolute atomic E-state index is 12.3. The molecule has 0 unspecified atom stereocenters. The molecular formula is C17H18AsN3O5S. The molecule has 0 spiro atoms. The van der Waals surface area contributed by atoms with Crippen LogP contribution >= 0.6 is 11.3 Å². The van der Waals surface area contributed by atoms with E-state index in [4.69, 9.17) is 4.74 Å². The van der Waals surface area contributed by atoms with Gasteiger partial charge in [0.25, 0.3) is 0 Å². The second-order valence-corrected chi connectivity index (χ2v) is 10.5. The fourth-order valence-corrected chi connectivity index (χ4v) is 4.66. The topological polar surface area (TPSA) is 122 Å². The van der Waals surface area contributed by atoms with Crippen molar-refractivity contribution in [1.82, 2.24) is 9.97 Å². The number of aryl methyl sites for hydroxylation is 1. The van der Waals surface area contributed by atoms with Crippen molar-refractivity contribution in [2.75, 3.05) is 5.32 Å². The first-order valence-corrected chi connectivity index (χ1v) is 12.2. The summed E-state index contributed by atoms with van der Waals surface area (Å²) in [6, 6.07) is 5.90. The van der Waals surface area contributed by atoms with Crippen LogP contribution in [0.5, 0.6) is 0 Å². The second-order valence-electron chi connectivity index (χ2n) is 6.13.